The third kappa shape index (κ3) is 4.18. The molecule has 31 heavy (non-hydrogen) atoms. The molecule has 0 spiro atoms. The lowest BCUT2D eigenvalue weighted by Gasteiger charge is -2.42. The molecule has 0 aliphatic carbocycles. The van der Waals surface area contributed by atoms with Crippen LogP contribution in [0.15, 0.2) is 52.1 Å². The fraction of sp³-hybridized carbons (Fsp3) is 0.455. The van der Waals surface area contributed by atoms with Gasteiger partial charge in [0.05, 0.1) is 19.0 Å². The number of hydrogen-bond donors (Lipinski definition) is 1. The van der Waals surface area contributed by atoms with E-state index in [4.69, 9.17) is 4.42 Å². The molecule has 1 fully saturated rings. The minimum Gasteiger partial charge on any atom is -0.468 e. The highest BCUT2D eigenvalue weighted by molar-refractivity contribution is 5.93. The Morgan fingerprint density at radius 3 is 2.97 bits per heavy atom. The van der Waals surface area contributed by atoms with E-state index >= 15 is 0 Å². The van der Waals surface area contributed by atoms with Crippen molar-refractivity contribution >= 4 is 5.91 Å². The molecule has 9 nitrogen and oxygen atoms in total. The fourth-order valence-corrected chi connectivity index (χ4v) is 4.86. The van der Waals surface area contributed by atoms with Crippen molar-refractivity contribution in [3.05, 3.63) is 70.3 Å². The lowest BCUT2D eigenvalue weighted by Crippen LogP contribution is -2.47. The highest BCUT2D eigenvalue weighted by Gasteiger charge is 2.35. The molecule has 0 saturated carbocycles. The molecular weight excluding hydrogens is 396 g/mol. The topological polar surface area (TPSA) is 98.2 Å². The molecule has 2 aliphatic rings. The van der Waals surface area contributed by atoms with Gasteiger partial charge in [0, 0.05) is 50.5 Å². The summed E-state index contributed by atoms with van der Waals surface area (Å²) in [5, 5.41) is 10.5. The summed E-state index contributed by atoms with van der Waals surface area (Å²) >= 11 is 0. The van der Waals surface area contributed by atoms with Gasteiger partial charge in [-0.05, 0) is 43.0 Å². The zero-order valence-electron chi connectivity index (χ0n) is 17.3. The van der Waals surface area contributed by atoms with E-state index < -0.39 is 0 Å². The Balaban J connectivity index is 1.24. The first-order valence-corrected chi connectivity index (χ1v) is 10.8. The van der Waals surface area contributed by atoms with Crippen molar-refractivity contribution in [3.63, 3.8) is 0 Å². The molecule has 5 heterocycles. The molecule has 162 valence electrons. The molecular formula is C22H26N6O3. The van der Waals surface area contributed by atoms with Crippen LogP contribution < -0.4 is 10.9 Å². The van der Waals surface area contributed by atoms with Crippen LogP contribution in [0.25, 0.3) is 0 Å². The summed E-state index contributed by atoms with van der Waals surface area (Å²) in [6.45, 7) is 4.42. The average Bonchev–Trinajstić information content (AvgIpc) is 3.46. The predicted octanol–water partition coefficient (Wildman–Crippen LogP) is 1.47. The van der Waals surface area contributed by atoms with E-state index in [0.717, 1.165) is 43.9 Å². The molecule has 2 aliphatic heterocycles. The van der Waals surface area contributed by atoms with E-state index in [1.165, 1.54) is 0 Å². The van der Waals surface area contributed by atoms with Gasteiger partial charge in [-0.1, -0.05) is 5.21 Å². The Labute approximate surface area is 179 Å². The molecule has 2 atom stereocenters. The lowest BCUT2D eigenvalue weighted by molar-refractivity contribution is 0.0943. The second kappa shape index (κ2) is 8.50. The zero-order chi connectivity index (χ0) is 21.2. The quantitative estimate of drug-likeness (QED) is 0.579. The number of fused-ring (bicyclic) bond motifs is 4. The highest BCUT2D eigenvalue weighted by atomic mass is 16.3. The number of carbonyl (C=O) groups excluding carboxylic acids is 1. The number of aryl methyl sites for hydroxylation is 1. The summed E-state index contributed by atoms with van der Waals surface area (Å²) in [5.41, 5.74) is 1.07. The molecule has 2 bridgehead atoms. The first-order chi connectivity index (χ1) is 15.2. The van der Waals surface area contributed by atoms with Crippen molar-refractivity contribution in [1.82, 2.24) is 29.8 Å². The van der Waals surface area contributed by atoms with Gasteiger partial charge in [-0.2, -0.15) is 0 Å². The summed E-state index contributed by atoms with van der Waals surface area (Å²) in [6, 6.07) is 7.56. The van der Waals surface area contributed by atoms with E-state index in [9.17, 15) is 9.59 Å². The van der Waals surface area contributed by atoms with Gasteiger partial charge in [-0.25, -0.2) is 0 Å². The molecule has 1 N–H and O–H groups in total. The maximum Gasteiger partial charge on any atom is 0.263 e. The molecule has 0 radical (unpaired) electrons. The van der Waals surface area contributed by atoms with Gasteiger partial charge in [0.25, 0.3) is 11.5 Å². The van der Waals surface area contributed by atoms with Crippen molar-refractivity contribution in [2.75, 3.05) is 19.6 Å². The number of rotatable bonds is 7. The summed E-state index contributed by atoms with van der Waals surface area (Å²) in [4.78, 5) is 28.1. The Morgan fingerprint density at radius 1 is 1.23 bits per heavy atom. The van der Waals surface area contributed by atoms with Crippen LogP contribution in [0.1, 0.15) is 40.6 Å². The highest BCUT2D eigenvalue weighted by Crippen LogP contribution is 2.35. The van der Waals surface area contributed by atoms with Gasteiger partial charge in [0.15, 0.2) is 0 Å². The van der Waals surface area contributed by atoms with Gasteiger partial charge in [-0.15, -0.1) is 5.10 Å². The number of carbonyl (C=O) groups is 1. The fourth-order valence-electron chi connectivity index (χ4n) is 4.86. The molecule has 1 saturated heterocycles. The Kier molecular flexibility index (Phi) is 5.42. The molecule has 9 heteroatoms. The summed E-state index contributed by atoms with van der Waals surface area (Å²) in [7, 11) is 0. The molecule has 1 amide bonds. The first kappa shape index (κ1) is 19.7. The summed E-state index contributed by atoms with van der Waals surface area (Å²) in [5.74, 6) is 1.36. The van der Waals surface area contributed by atoms with Crippen LogP contribution in [0.2, 0.25) is 0 Å². The third-order valence-electron chi connectivity index (χ3n) is 6.21. The van der Waals surface area contributed by atoms with Crippen molar-refractivity contribution in [1.29, 1.82) is 0 Å². The second-order valence-electron chi connectivity index (χ2n) is 8.44. The van der Waals surface area contributed by atoms with Gasteiger partial charge in [0.2, 0.25) is 0 Å². The van der Waals surface area contributed by atoms with Crippen LogP contribution >= 0.6 is 0 Å². The number of aromatic nitrogens is 4. The van der Waals surface area contributed by atoms with Gasteiger partial charge < -0.3 is 14.3 Å². The van der Waals surface area contributed by atoms with Crippen LogP contribution in [0.5, 0.6) is 0 Å². The lowest BCUT2D eigenvalue weighted by atomic mass is 9.83. The van der Waals surface area contributed by atoms with Gasteiger partial charge in [-0.3, -0.25) is 19.2 Å². The number of piperidine rings is 1. The maximum atomic E-state index is 13.1. The van der Waals surface area contributed by atoms with Crippen molar-refractivity contribution in [2.24, 2.45) is 5.92 Å². The summed E-state index contributed by atoms with van der Waals surface area (Å²) in [6.07, 6.45) is 6.91. The number of nitrogens with zero attached hydrogens (tertiary/aromatic N) is 5. The van der Waals surface area contributed by atoms with E-state index in [0.29, 0.717) is 31.5 Å². The average molecular weight is 422 g/mol. The van der Waals surface area contributed by atoms with Crippen molar-refractivity contribution < 1.29 is 9.21 Å². The zero-order valence-corrected chi connectivity index (χ0v) is 17.3. The SMILES string of the molecule is O=C(NCCCn1ccnn1)c1ccc2n(c1=O)C[C@H]1C[C@@H]2CN(Cc2ccco2)C1. The minimum absolute atomic E-state index is 0.180. The van der Waals surface area contributed by atoms with Crippen LogP contribution in [0.3, 0.4) is 0 Å². The van der Waals surface area contributed by atoms with E-state index in [1.807, 2.05) is 22.8 Å². The Bertz CT molecular complexity index is 1090. The monoisotopic (exact) mass is 422 g/mol. The molecule has 3 aromatic rings. The number of furan rings is 1. The minimum atomic E-state index is -0.311. The second-order valence-corrected chi connectivity index (χ2v) is 8.44. The molecule has 0 unspecified atom stereocenters. The number of likely N-dealkylation sites (tertiary alicyclic amines) is 1. The molecule has 5 rings (SSSR count). The van der Waals surface area contributed by atoms with E-state index in [2.05, 4.69) is 20.5 Å². The third-order valence-corrected chi connectivity index (χ3v) is 6.21. The standard InChI is InChI=1S/C22H26N6O3/c29-21(23-6-2-8-27-9-7-24-25-27)19-4-5-20-17-11-16(13-28(20)22(19)30)12-26(14-17)15-18-3-1-10-31-18/h1,3-5,7,9-10,16-17H,2,6,8,11-15H2,(H,23,29)/t16-,17+/m0/s1. The Morgan fingerprint density at radius 2 is 2.16 bits per heavy atom. The van der Waals surface area contributed by atoms with Crippen LogP contribution in [0, 0.1) is 5.92 Å². The largest absolute Gasteiger partial charge is 0.468 e. The van der Waals surface area contributed by atoms with Gasteiger partial charge >= 0.3 is 0 Å². The van der Waals surface area contributed by atoms with Crippen LogP contribution in [0.4, 0.5) is 0 Å². The first-order valence-electron chi connectivity index (χ1n) is 10.8. The molecule has 3 aromatic heterocycles. The van der Waals surface area contributed by atoms with E-state index in [1.54, 1.807) is 29.4 Å². The predicted molar refractivity (Wildman–Crippen MR) is 113 cm³/mol. The summed E-state index contributed by atoms with van der Waals surface area (Å²) < 4.78 is 9.04. The number of amides is 1. The Hall–Kier alpha value is -3.20. The van der Waals surface area contributed by atoms with E-state index in [-0.39, 0.29) is 17.0 Å². The van der Waals surface area contributed by atoms with Crippen molar-refractivity contribution in [3.8, 4) is 0 Å². The molecule has 0 aromatic carbocycles. The van der Waals surface area contributed by atoms with Gasteiger partial charge in [0.1, 0.15) is 11.3 Å². The van der Waals surface area contributed by atoms with Crippen molar-refractivity contribution in [2.45, 2.75) is 38.4 Å². The number of pyridine rings is 1. The smallest absolute Gasteiger partial charge is 0.263 e. The normalized spacial score (nSPS) is 20.4. The van der Waals surface area contributed by atoms with Crippen LogP contribution in [-0.2, 0) is 19.6 Å². The van der Waals surface area contributed by atoms with Crippen LogP contribution in [-0.4, -0.2) is 50.0 Å². The maximum absolute atomic E-state index is 13.1. The number of nitrogens with one attached hydrogen (secondary N) is 1. The number of hydrogen-bond acceptors (Lipinski definition) is 6.